The maximum atomic E-state index is 11.7. The third-order valence-corrected chi connectivity index (χ3v) is 2.94. The third-order valence-electron chi connectivity index (χ3n) is 2.94. The summed E-state index contributed by atoms with van der Waals surface area (Å²) in [6.45, 7) is 3.59. The van der Waals surface area contributed by atoms with E-state index in [9.17, 15) is 14.4 Å². The number of rotatable bonds is 6. The molecule has 0 bridgehead atoms. The van der Waals surface area contributed by atoms with Crippen molar-refractivity contribution in [1.82, 2.24) is 10.6 Å². The zero-order chi connectivity index (χ0) is 15.3. The van der Waals surface area contributed by atoms with E-state index in [1.807, 2.05) is 0 Å². The van der Waals surface area contributed by atoms with E-state index in [2.05, 4.69) is 10.6 Å². The van der Waals surface area contributed by atoms with Gasteiger partial charge in [-0.1, -0.05) is 0 Å². The Labute approximate surface area is 117 Å². The molecule has 1 rings (SSSR count). The molecule has 1 saturated heterocycles. The maximum Gasteiger partial charge on any atom is 0.332 e. The van der Waals surface area contributed by atoms with Crippen LogP contribution in [0, 0.1) is 0 Å². The second kappa shape index (κ2) is 6.56. The van der Waals surface area contributed by atoms with Crippen LogP contribution in [-0.4, -0.2) is 47.3 Å². The van der Waals surface area contributed by atoms with E-state index in [0.29, 0.717) is 12.8 Å². The first kappa shape index (κ1) is 16.2. The zero-order valence-electron chi connectivity index (χ0n) is 11.6. The van der Waals surface area contributed by atoms with E-state index in [0.717, 1.165) is 0 Å². The van der Waals surface area contributed by atoms with Gasteiger partial charge in [0.25, 0.3) is 0 Å². The molecule has 8 nitrogen and oxygen atoms in total. The molecule has 1 aliphatic rings. The molecule has 2 atom stereocenters. The summed E-state index contributed by atoms with van der Waals surface area (Å²) in [5.74, 6) is -1.49. The van der Waals surface area contributed by atoms with Gasteiger partial charge in [-0.15, -0.1) is 0 Å². The van der Waals surface area contributed by atoms with Gasteiger partial charge >= 0.3 is 12.0 Å². The molecule has 114 valence electrons. The lowest BCUT2D eigenvalue weighted by Gasteiger charge is -2.25. The van der Waals surface area contributed by atoms with Gasteiger partial charge in [0.05, 0.1) is 6.10 Å². The van der Waals surface area contributed by atoms with Crippen molar-refractivity contribution in [2.45, 2.75) is 50.9 Å². The van der Waals surface area contributed by atoms with Gasteiger partial charge in [-0.05, 0) is 26.7 Å². The highest BCUT2D eigenvalue weighted by Gasteiger charge is 2.31. The van der Waals surface area contributed by atoms with Crippen LogP contribution in [0.5, 0.6) is 0 Å². The van der Waals surface area contributed by atoms with Crippen LogP contribution in [0.1, 0.15) is 33.1 Å². The van der Waals surface area contributed by atoms with Crippen molar-refractivity contribution in [1.29, 1.82) is 0 Å². The molecule has 0 saturated carbocycles. The van der Waals surface area contributed by atoms with Crippen molar-refractivity contribution >= 4 is 17.9 Å². The number of amides is 3. The summed E-state index contributed by atoms with van der Waals surface area (Å²) < 4.78 is 5.25. The Morgan fingerprint density at radius 2 is 2.00 bits per heavy atom. The first-order chi connectivity index (χ1) is 9.19. The Morgan fingerprint density at radius 3 is 2.50 bits per heavy atom. The molecule has 0 aromatic rings. The lowest BCUT2D eigenvalue weighted by Crippen LogP contribution is -2.51. The standard InChI is InChI=1S/C12H21N3O5/c1-12(2,5-9(13)16)15-11(19)14-6-7-3-4-8(20-7)10(17)18/h7-8H,3-6H2,1-2H3,(H2,13,16)(H,17,18)(H2,14,15,19). The molecule has 1 fully saturated rings. The molecular formula is C12H21N3O5. The number of aliphatic carboxylic acids is 1. The maximum absolute atomic E-state index is 11.7. The Kier molecular flexibility index (Phi) is 5.32. The Balaban J connectivity index is 2.30. The fraction of sp³-hybridized carbons (Fsp3) is 0.750. The topological polar surface area (TPSA) is 131 Å². The van der Waals surface area contributed by atoms with E-state index in [-0.39, 0.29) is 19.1 Å². The summed E-state index contributed by atoms with van der Waals surface area (Å²) in [4.78, 5) is 33.2. The fourth-order valence-electron chi connectivity index (χ4n) is 2.08. The van der Waals surface area contributed by atoms with Crippen LogP contribution in [0.25, 0.3) is 0 Å². The van der Waals surface area contributed by atoms with Gasteiger partial charge in [-0.25, -0.2) is 9.59 Å². The largest absolute Gasteiger partial charge is 0.479 e. The van der Waals surface area contributed by atoms with Gasteiger partial charge in [0.15, 0.2) is 6.10 Å². The Hall–Kier alpha value is -1.83. The van der Waals surface area contributed by atoms with Crippen LogP contribution < -0.4 is 16.4 Å². The summed E-state index contributed by atoms with van der Waals surface area (Å²) >= 11 is 0. The van der Waals surface area contributed by atoms with E-state index in [1.165, 1.54) is 0 Å². The number of primary amides is 1. The molecule has 5 N–H and O–H groups in total. The number of carbonyl (C=O) groups is 3. The van der Waals surface area contributed by atoms with Crippen LogP contribution in [0.15, 0.2) is 0 Å². The molecule has 0 radical (unpaired) electrons. The number of ether oxygens (including phenoxy) is 1. The van der Waals surface area contributed by atoms with Crippen molar-refractivity contribution in [2.24, 2.45) is 5.73 Å². The molecule has 0 aromatic carbocycles. The minimum Gasteiger partial charge on any atom is -0.479 e. The van der Waals surface area contributed by atoms with Gasteiger partial charge in [-0.3, -0.25) is 4.79 Å². The van der Waals surface area contributed by atoms with Crippen molar-refractivity contribution in [3.8, 4) is 0 Å². The van der Waals surface area contributed by atoms with Gasteiger partial charge in [-0.2, -0.15) is 0 Å². The average Bonchev–Trinajstić information content (AvgIpc) is 2.72. The molecular weight excluding hydrogens is 266 g/mol. The molecule has 3 amide bonds. The van der Waals surface area contributed by atoms with Crippen LogP contribution in [-0.2, 0) is 14.3 Å². The van der Waals surface area contributed by atoms with Crippen LogP contribution in [0.2, 0.25) is 0 Å². The molecule has 20 heavy (non-hydrogen) atoms. The lowest BCUT2D eigenvalue weighted by molar-refractivity contribution is -0.149. The SMILES string of the molecule is CC(C)(CC(N)=O)NC(=O)NCC1CCC(C(=O)O)O1. The number of carbonyl (C=O) groups excluding carboxylic acids is 2. The van der Waals surface area contributed by atoms with Gasteiger partial charge in [0, 0.05) is 18.5 Å². The normalized spacial score (nSPS) is 22.3. The van der Waals surface area contributed by atoms with Crippen LogP contribution in [0.3, 0.4) is 0 Å². The molecule has 1 heterocycles. The predicted molar refractivity (Wildman–Crippen MR) is 70.0 cm³/mol. The molecule has 0 spiro atoms. The summed E-state index contributed by atoms with van der Waals surface area (Å²) in [6, 6.07) is -0.446. The number of hydrogen-bond acceptors (Lipinski definition) is 4. The number of hydrogen-bond donors (Lipinski definition) is 4. The first-order valence-electron chi connectivity index (χ1n) is 6.42. The van der Waals surface area contributed by atoms with Gasteiger partial charge in [0.2, 0.25) is 5.91 Å². The molecule has 8 heteroatoms. The number of carboxylic acids is 1. The minimum atomic E-state index is -0.987. The molecule has 2 unspecified atom stereocenters. The van der Waals surface area contributed by atoms with Gasteiger partial charge < -0.3 is 26.2 Å². The van der Waals surface area contributed by atoms with Crippen molar-refractivity contribution in [3.05, 3.63) is 0 Å². The van der Waals surface area contributed by atoms with Crippen molar-refractivity contribution in [3.63, 3.8) is 0 Å². The summed E-state index contributed by atoms with van der Waals surface area (Å²) in [5.41, 5.74) is 4.35. The summed E-state index contributed by atoms with van der Waals surface area (Å²) in [5, 5.41) is 14.0. The number of nitrogens with two attached hydrogens (primary N) is 1. The van der Waals surface area contributed by atoms with Crippen molar-refractivity contribution < 1.29 is 24.2 Å². The summed E-state index contributed by atoms with van der Waals surface area (Å²) in [6.07, 6.45) is -0.0444. The predicted octanol–water partition coefficient (Wildman–Crippen LogP) is -0.428. The van der Waals surface area contributed by atoms with E-state index in [1.54, 1.807) is 13.8 Å². The van der Waals surface area contributed by atoms with Crippen LogP contribution in [0.4, 0.5) is 4.79 Å². The van der Waals surface area contributed by atoms with E-state index < -0.39 is 29.6 Å². The molecule has 1 aliphatic heterocycles. The summed E-state index contributed by atoms with van der Waals surface area (Å²) in [7, 11) is 0. The number of urea groups is 1. The minimum absolute atomic E-state index is 0.0292. The number of nitrogens with one attached hydrogen (secondary N) is 2. The molecule has 0 aliphatic carbocycles. The first-order valence-corrected chi connectivity index (χ1v) is 6.42. The highest BCUT2D eigenvalue weighted by Crippen LogP contribution is 2.19. The average molecular weight is 287 g/mol. The highest BCUT2D eigenvalue weighted by atomic mass is 16.5. The van der Waals surface area contributed by atoms with Crippen molar-refractivity contribution in [2.75, 3.05) is 6.54 Å². The third kappa shape index (κ3) is 5.43. The monoisotopic (exact) mass is 287 g/mol. The Bertz CT molecular complexity index is 397. The number of carboxylic acid groups (broad SMARTS) is 1. The van der Waals surface area contributed by atoms with Crippen LogP contribution >= 0.6 is 0 Å². The smallest absolute Gasteiger partial charge is 0.332 e. The Morgan fingerprint density at radius 1 is 1.35 bits per heavy atom. The highest BCUT2D eigenvalue weighted by molar-refractivity contribution is 5.78. The molecule has 0 aromatic heterocycles. The lowest BCUT2D eigenvalue weighted by atomic mass is 10.0. The van der Waals surface area contributed by atoms with E-state index >= 15 is 0 Å². The fourth-order valence-corrected chi connectivity index (χ4v) is 2.08. The van der Waals surface area contributed by atoms with Gasteiger partial charge in [0.1, 0.15) is 0 Å². The second-order valence-electron chi connectivity index (χ2n) is 5.52. The van der Waals surface area contributed by atoms with E-state index in [4.69, 9.17) is 15.6 Å². The second-order valence-corrected chi connectivity index (χ2v) is 5.52. The quantitative estimate of drug-likeness (QED) is 0.526. The zero-order valence-corrected chi connectivity index (χ0v) is 11.6.